The van der Waals surface area contributed by atoms with E-state index in [1.807, 2.05) is 0 Å². The summed E-state index contributed by atoms with van der Waals surface area (Å²) in [5, 5.41) is 14.9. The smallest absolute Gasteiger partial charge is 0.362 e. The number of hydrogen-bond donors (Lipinski definition) is 1. The molecule has 24 heavy (non-hydrogen) atoms. The Morgan fingerprint density at radius 2 is 2.12 bits per heavy atom. The third-order valence-corrected chi connectivity index (χ3v) is 5.05. The molecule has 1 aliphatic carbocycles. The monoisotopic (exact) mass is 360 g/mol. The van der Waals surface area contributed by atoms with Gasteiger partial charge in [0, 0.05) is 16.3 Å². The third kappa shape index (κ3) is 2.50. The zero-order valence-electron chi connectivity index (χ0n) is 12.9. The van der Waals surface area contributed by atoms with Crippen LogP contribution in [0.1, 0.15) is 41.6 Å². The van der Waals surface area contributed by atoms with Crippen LogP contribution in [0.3, 0.4) is 0 Å². The first-order valence-electron chi connectivity index (χ1n) is 7.63. The van der Waals surface area contributed by atoms with Crippen LogP contribution in [0.2, 0.25) is 5.02 Å². The Balaban J connectivity index is 2.05. The van der Waals surface area contributed by atoms with Crippen molar-refractivity contribution >= 4 is 23.2 Å². The number of hydrazone groups is 1. The van der Waals surface area contributed by atoms with Gasteiger partial charge in [0.05, 0.1) is 5.92 Å². The number of rotatable bonds is 1. The number of aliphatic hydroxyl groups is 1. The average Bonchev–Trinajstić information content (AvgIpc) is 2.84. The number of carbonyl (C=O) groups is 1. The molecule has 0 aromatic heterocycles. The lowest BCUT2D eigenvalue weighted by atomic mass is 9.80. The van der Waals surface area contributed by atoms with Crippen LogP contribution in [-0.4, -0.2) is 33.6 Å². The number of benzene rings is 1. The molecule has 130 valence electrons. The molecule has 1 amide bonds. The van der Waals surface area contributed by atoms with Gasteiger partial charge in [-0.05, 0) is 49.9 Å². The lowest BCUT2D eigenvalue weighted by Gasteiger charge is -2.38. The number of aryl methyl sites for hydroxylation is 1. The second-order valence-electron chi connectivity index (χ2n) is 6.19. The molecule has 1 heterocycles. The predicted molar refractivity (Wildman–Crippen MR) is 82.8 cm³/mol. The molecular formula is C16H16ClF3N2O2. The summed E-state index contributed by atoms with van der Waals surface area (Å²) in [6, 6.07) is 4.16. The molecule has 1 aromatic rings. The van der Waals surface area contributed by atoms with E-state index in [0.29, 0.717) is 29.8 Å². The van der Waals surface area contributed by atoms with Crippen molar-refractivity contribution in [2.75, 3.05) is 0 Å². The lowest BCUT2D eigenvalue weighted by Crippen LogP contribution is -2.61. The Hall–Kier alpha value is -1.60. The first-order chi connectivity index (χ1) is 11.2. The van der Waals surface area contributed by atoms with E-state index < -0.39 is 23.7 Å². The highest BCUT2D eigenvalue weighted by Crippen LogP contribution is 2.48. The summed E-state index contributed by atoms with van der Waals surface area (Å²) in [7, 11) is 0. The van der Waals surface area contributed by atoms with Gasteiger partial charge in [-0.15, -0.1) is 0 Å². The fourth-order valence-corrected chi connectivity index (χ4v) is 3.44. The number of alkyl halides is 3. The van der Waals surface area contributed by atoms with Crippen LogP contribution < -0.4 is 0 Å². The number of fused-ring (bicyclic) bond motifs is 1. The summed E-state index contributed by atoms with van der Waals surface area (Å²) >= 11 is 5.89. The maximum Gasteiger partial charge on any atom is 0.439 e. The average molecular weight is 361 g/mol. The van der Waals surface area contributed by atoms with Gasteiger partial charge in [-0.25, -0.2) is 0 Å². The SMILES string of the molecule is Cc1cc(C(=O)N2N=C3CCCC[C@@H]3[C@@]2(O)C(F)(F)F)ccc1Cl. The first kappa shape index (κ1) is 17.2. The first-order valence-corrected chi connectivity index (χ1v) is 8.01. The summed E-state index contributed by atoms with van der Waals surface area (Å²) in [5.41, 5.74) is -2.50. The molecule has 1 aromatic carbocycles. The van der Waals surface area contributed by atoms with Gasteiger partial charge in [-0.1, -0.05) is 18.0 Å². The molecular weight excluding hydrogens is 345 g/mol. The van der Waals surface area contributed by atoms with E-state index in [0.717, 1.165) is 0 Å². The molecule has 1 fully saturated rings. The van der Waals surface area contributed by atoms with Gasteiger partial charge in [0.1, 0.15) is 0 Å². The summed E-state index contributed by atoms with van der Waals surface area (Å²) in [4.78, 5) is 12.6. The van der Waals surface area contributed by atoms with E-state index in [9.17, 15) is 23.1 Å². The maximum atomic E-state index is 13.6. The highest BCUT2D eigenvalue weighted by Gasteiger charge is 2.68. The van der Waals surface area contributed by atoms with Crippen molar-refractivity contribution in [2.45, 2.75) is 44.5 Å². The Morgan fingerprint density at radius 3 is 2.75 bits per heavy atom. The van der Waals surface area contributed by atoms with Gasteiger partial charge in [0.2, 0.25) is 0 Å². The molecule has 0 saturated heterocycles. The topological polar surface area (TPSA) is 52.9 Å². The summed E-state index contributed by atoms with van der Waals surface area (Å²) in [6.07, 6.45) is -3.24. The van der Waals surface area contributed by atoms with Crippen molar-refractivity contribution < 1.29 is 23.1 Å². The van der Waals surface area contributed by atoms with E-state index >= 15 is 0 Å². The molecule has 3 rings (SSSR count). The lowest BCUT2D eigenvalue weighted by molar-refractivity contribution is -0.312. The molecule has 2 aliphatic rings. The molecule has 0 bridgehead atoms. The van der Waals surface area contributed by atoms with E-state index in [1.54, 1.807) is 6.92 Å². The fraction of sp³-hybridized carbons (Fsp3) is 0.500. The van der Waals surface area contributed by atoms with Crippen LogP contribution in [0.15, 0.2) is 23.3 Å². The molecule has 1 saturated carbocycles. The Labute approximate surface area is 141 Å². The predicted octanol–water partition coefficient (Wildman–Crippen LogP) is 3.90. The molecule has 2 atom stereocenters. The number of amides is 1. The largest absolute Gasteiger partial charge is 0.439 e. The Morgan fingerprint density at radius 1 is 1.42 bits per heavy atom. The van der Waals surface area contributed by atoms with Crippen LogP contribution in [0.25, 0.3) is 0 Å². The number of carbonyl (C=O) groups excluding carboxylic acids is 1. The van der Waals surface area contributed by atoms with Crippen molar-refractivity contribution in [3.05, 3.63) is 34.3 Å². The van der Waals surface area contributed by atoms with E-state index in [1.165, 1.54) is 18.2 Å². The van der Waals surface area contributed by atoms with Crippen molar-refractivity contribution in [1.29, 1.82) is 0 Å². The minimum absolute atomic E-state index is 0.00238. The standard InChI is InChI=1S/C16H16ClF3N2O2/c1-9-8-10(6-7-12(9)17)14(23)22-15(24,16(18,19)20)11-4-2-3-5-13(11)21-22/h6-8,11,24H,2-5H2,1H3/t11-,15+/m0/s1. The fourth-order valence-electron chi connectivity index (χ4n) is 3.32. The minimum atomic E-state index is -5.00. The Bertz CT molecular complexity index is 720. The second kappa shape index (κ2) is 5.74. The molecule has 0 radical (unpaired) electrons. The summed E-state index contributed by atoms with van der Waals surface area (Å²) in [6.45, 7) is 1.64. The van der Waals surface area contributed by atoms with Crippen LogP contribution in [0, 0.1) is 12.8 Å². The molecule has 4 nitrogen and oxygen atoms in total. The molecule has 0 spiro atoms. The van der Waals surface area contributed by atoms with Gasteiger partial charge >= 0.3 is 6.18 Å². The maximum absolute atomic E-state index is 13.6. The summed E-state index contributed by atoms with van der Waals surface area (Å²) < 4.78 is 40.9. The zero-order valence-corrected chi connectivity index (χ0v) is 13.7. The van der Waals surface area contributed by atoms with Crippen molar-refractivity contribution in [2.24, 2.45) is 11.0 Å². The van der Waals surface area contributed by atoms with Crippen LogP contribution in [-0.2, 0) is 0 Å². The molecule has 8 heteroatoms. The van der Waals surface area contributed by atoms with E-state index in [4.69, 9.17) is 11.6 Å². The highest BCUT2D eigenvalue weighted by molar-refractivity contribution is 6.31. The molecule has 1 aliphatic heterocycles. The highest BCUT2D eigenvalue weighted by atomic mass is 35.5. The van der Waals surface area contributed by atoms with Crippen molar-refractivity contribution in [3.8, 4) is 0 Å². The normalized spacial score (nSPS) is 27.0. The van der Waals surface area contributed by atoms with E-state index in [-0.39, 0.29) is 22.7 Å². The minimum Gasteiger partial charge on any atom is -0.362 e. The third-order valence-electron chi connectivity index (χ3n) is 4.63. The second-order valence-corrected chi connectivity index (χ2v) is 6.60. The quantitative estimate of drug-likeness (QED) is 0.825. The van der Waals surface area contributed by atoms with Crippen LogP contribution >= 0.6 is 11.6 Å². The number of halogens is 4. The summed E-state index contributed by atoms with van der Waals surface area (Å²) in [5.74, 6) is -2.19. The molecule has 0 unspecified atom stereocenters. The van der Waals surface area contributed by atoms with E-state index in [2.05, 4.69) is 5.10 Å². The van der Waals surface area contributed by atoms with Crippen molar-refractivity contribution in [1.82, 2.24) is 5.01 Å². The Kier molecular flexibility index (Phi) is 4.12. The van der Waals surface area contributed by atoms with Gasteiger partial charge in [-0.3, -0.25) is 4.79 Å². The van der Waals surface area contributed by atoms with Crippen molar-refractivity contribution in [3.63, 3.8) is 0 Å². The number of nitrogens with zero attached hydrogens (tertiary/aromatic N) is 2. The molecule has 1 N–H and O–H groups in total. The van der Waals surface area contributed by atoms with Gasteiger partial charge < -0.3 is 5.11 Å². The van der Waals surface area contributed by atoms with Gasteiger partial charge in [0.15, 0.2) is 0 Å². The van der Waals surface area contributed by atoms with Gasteiger partial charge in [-0.2, -0.15) is 23.3 Å². The van der Waals surface area contributed by atoms with Crippen LogP contribution in [0.4, 0.5) is 13.2 Å². The van der Waals surface area contributed by atoms with Crippen LogP contribution in [0.5, 0.6) is 0 Å². The number of hydrogen-bond acceptors (Lipinski definition) is 3. The van der Waals surface area contributed by atoms with Gasteiger partial charge in [0.25, 0.3) is 11.6 Å². The zero-order chi connectivity index (χ0) is 17.7.